The highest BCUT2D eigenvalue weighted by Crippen LogP contribution is 2.39. The maximum atomic E-state index is 12.5. The summed E-state index contributed by atoms with van der Waals surface area (Å²) in [7, 11) is 3.88. The minimum Gasteiger partial charge on any atom is -0.487 e. The molecule has 0 spiro atoms. The Bertz CT molecular complexity index is 947. The van der Waals surface area contributed by atoms with Crippen LogP contribution < -0.4 is 10.1 Å². The van der Waals surface area contributed by atoms with Crippen molar-refractivity contribution in [3.63, 3.8) is 0 Å². The minimum absolute atomic E-state index is 0.0814. The summed E-state index contributed by atoms with van der Waals surface area (Å²) < 4.78 is 7.89. The molecule has 6 heteroatoms. The normalized spacial score (nSPS) is 22.8. The van der Waals surface area contributed by atoms with Crippen LogP contribution >= 0.6 is 0 Å². The Labute approximate surface area is 173 Å². The minimum atomic E-state index is -0.115. The number of aryl methyl sites for hydroxylation is 2. The fraction of sp³-hybridized carbons (Fsp3) is 0.565. The van der Waals surface area contributed by atoms with Crippen LogP contribution in [0.3, 0.4) is 0 Å². The summed E-state index contributed by atoms with van der Waals surface area (Å²) in [4.78, 5) is 14.4. The molecule has 3 heterocycles. The summed E-state index contributed by atoms with van der Waals surface area (Å²) in [5, 5.41) is 8.16. The number of nitrogens with one attached hydrogen (secondary N) is 1. The number of hydrogen-bond acceptors (Lipinski definition) is 4. The maximum absolute atomic E-state index is 12.5. The van der Waals surface area contributed by atoms with Gasteiger partial charge in [-0.1, -0.05) is 12.1 Å². The second-order valence-corrected chi connectivity index (χ2v) is 9.23. The van der Waals surface area contributed by atoms with Gasteiger partial charge in [-0.3, -0.25) is 9.48 Å². The van der Waals surface area contributed by atoms with Crippen LogP contribution in [0.2, 0.25) is 0 Å². The lowest BCUT2D eigenvalue weighted by Gasteiger charge is -2.26. The molecule has 2 atom stereocenters. The second-order valence-electron chi connectivity index (χ2n) is 9.23. The number of fused-ring (bicyclic) bond motifs is 1. The van der Waals surface area contributed by atoms with Gasteiger partial charge in [0.2, 0.25) is 5.91 Å². The van der Waals surface area contributed by atoms with Crippen LogP contribution in [-0.4, -0.2) is 39.8 Å². The van der Waals surface area contributed by atoms with Gasteiger partial charge in [-0.25, -0.2) is 0 Å². The smallest absolute Gasteiger partial charge is 0.223 e. The van der Waals surface area contributed by atoms with E-state index >= 15 is 0 Å². The third-order valence-corrected chi connectivity index (χ3v) is 6.42. The van der Waals surface area contributed by atoms with Crippen LogP contribution in [0.5, 0.6) is 5.75 Å². The summed E-state index contributed by atoms with van der Waals surface area (Å²) >= 11 is 0. The van der Waals surface area contributed by atoms with Crippen LogP contribution in [0.25, 0.3) is 0 Å². The predicted octanol–water partition coefficient (Wildman–Crippen LogP) is 3.06. The zero-order valence-electron chi connectivity index (χ0n) is 18.4. The van der Waals surface area contributed by atoms with Gasteiger partial charge >= 0.3 is 0 Å². The average molecular weight is 397 g/mol. The van der Waals surface area contributed by atoms with Gasteiger partial charge in [-0.2, -0.15) is 5.10 Å². The first-order chi connectivity index (χ1) is 13.7. The molecule has 0 unspecified atom stereocenters. The first-order valence-corrected chi connectivity index (χ1v) is 10.4. The molecular weight excluding hydrogens is 364 g/mol. The second kappa shape index (κ2) is 7.17. The van der Waals surface area contributed by atoms with Crippen molar-refractivity contribution in [2.45, 2.75) is 58.7 Å². The number of carbonyl (C=O) groups excluding carboxylic acids is 1. The average Bonchev–Trinajstić information content (AvgIpc) is 3.19. The lowest BCUT2D eigenvalue weighted by Crippen LogP contribution is -2.29. The van der Waals surface area contributed by atoms with E-state index in [4.69, 9.17) is 4.74 Å². The number of hydrogen-bond donors (Lipinski definition) is 1. The fourth-order valence-corrected chi connectivity index (χ4v) is 4.96. The zero-order chi connectivity index (χ0) is 20.9. The van der Waals surface area contributed by atoms with Crippen molar-refractivity contribution in [3.8, 4) is 5.75 Å². The standard InChI is InChI=1S/C23H32N4O2/c1-14-21(15(2)27(6)25-14)22-18(10-20(28)26(22)5)13-24-12-16-7-8-19-17(9-16)11-23(3,4)29-19/h7-9,18,22,24H,10-13H2,1-6H3/t18-,22+/m0/s1. The van der Waals surface area contributed by atoms with Gasteiger partial charge in [-0.05, 0) is 44.9 Å². The third-order valence-electron chi connectivity index (χ3n) is 6.42. The Hall–Kier alpha value is -2.34. The van der Waals surface area contributed by atoms with Crippen LogP contribution in [0.1, 0.15) is 54.4 Å². The van der Waals surface area contributed by atoms with Crippen molar-refractivity contribution in [2.75, 3.05) is 13.6 Å². The van der Waals surface area contributed by atoms with Gasteiger partial charge in [0.25, 0.3) is 0 Å². The van der Waals surface area contributed by atoms with Crippen LogP contribution in [0.4, 0.5) is 0 Å². The number of aromatic nitrogens is 2. The van der Waals surface area contributed by atoms with E-state index in [1.165, 1.54) is 16.7 Å². The van der Waals surface area contributed by atoms with Crippen LogP contribution in [0.15, 0.2) is 18.2 Å². The molecular formula is C23H32N4O2. The highest BCUT2D eigenvalue weighted by atomic mass is 16.5. The number of amides is 1. The Morgan fingerprint density at radius 3 is 2.72 bits per heavy atom. The van der Waals surface area contributed by atoms with Gasteiger partial charge < -0.3 is 15.0 Å². The quantitative estimate of drug-likeness (QED) is 0.844. The van der Waals surface area contributed by atoms with E-state index < -0.39 is 0 Å². The highest BCUT2D eigenvalue weighted by Gasteiger charge is 2.40. The Balaban J connectivity index is 1.45. The van der Waals surface area contributed by atoms with Crippen molar-refractivity contribution >= 4 is 5.91 Å². The molecule has 1 fully saturated rings. The number of likely N-dealkylation sites (tertiary alicyclic amines) is 1. The lowest BCUT2D eigenvalue weighted by molar-refractivity contribution is -0.127. The lowest BCUT2D eigenvalue weighted by atomic mass is 9.92. The van der Waals surface area contributed by atoms with Crippen molar-refractivity contribution < 1.29 is 9.53 Å². The molecule has 2 aromatic rings. The summed E-state index contributed by atoms with van der Waals surface area (Å²) in [6.45, 7) is 9.97. The molecule has 1 aromatic carbocycles. The van der Waals surface area contributed by atoms with Gasteiger partial charge in [0, 0.05) is 57.2 Å². The van der Waals surface area contributed by atoms with Crippen molar-refractivity contribution in [1.29, 1.82) is 0 Å². The monoisotopic (exact) mass is 396 g/mol. The van der Waals surface area contributed by atoms with E-state index in [0.29, 0.717) is 6.42 Å². The molecule has 1 aromatic heterocycles. The van der Waals surface area contributed by atoms with E-state index in [-0.39, 0.29) is 23.5 Å². The largest absolute Gasteiger partial charge is 0.487 e. The predicted molar refractivity (Wildman–Crippen MR) is 113 cm³/mol. The van der Waals surface area contributed by atoms with Crippen LogP contribution in [0, 0.1) is 19.8 Å². The van der Waals surface area contributed by atoms with Crippen molar-refractivity contribution in [1.82, 2.24) is 20.0 Å². The fourth-order valence-electron chi connectivity index (χ4n) is 4.96. The summed E-state index contributed by atoms with van der Waals surface area (Å²) in [5.74, 6) is 1.46. The molecule has 6 nitrogen and oxygen atoms in total. The molecule has 0 saturated carbocycles. The van der Waals surface area contributed by atoms with E-state index in [1.807, 2.05) is 30.6 Å². The molecule has 1 N–H and O–H groups in total. The van der Waals surface area contributed by atoms with Gasteiger partial charge in [0.05, 0.1) is 11.7 Å². The molecule has 4 rings (SSSR count). The highest BCUT2D eigenvalue weighted by molar-refractivity contribution is 5.79. The van der Waals surface area contributed by atoms with E-state index in [2.05, 4.69) is 49.4 Å². The topological polar surface area (TPSA) is 59.4 Å². The van der Waals surface area contributed by atoms with E-state index in [0.717, 1.165) is 36.6 Å². The number of ether oxygens (including phenoxy) is 1. The molecule has 2 aliphatic rings. The molecule has 0 bridgehead atoms. The molecule has 2 aliphatic heterocycles. The van der Waals surface area contributed by atoms with E-state index in [1.54, 1.807) is 0 Å². The SMILES string of the molecule is Cc1nn(C)c(C)c1[C@H]1[C@H](CNCc2ccc3c(c2)CC(C)(C)O3)CC(=O)N1C. The molecule has 0 aliphatic carbocycles. The van der Waals surface area contributed by atoms with Gasteiger partial charge in [0.15, 0.2) is 0 Å². The summed E-state index contributed by atoms with van der Waals surface area (Å²) in [6.07, 6.45) is 1.52. The Morgan fingerprint density at radius 2 is 2.03 bits per heavy atom. The number of carbonyl (C=O) groups is 1. The number of benzene rings is 1. The van der Waals surface area contributed by atoms with Crippen molar-refractivity contribution in [2.24, 2.45) is 13.0 Å². The van der Waals surface area contributed by atoms with E-state index in [9.17, 15) is 4.79 Å². The summed E-state index contributed by atoms with van der Waals surface area (Å²) in [5.41, 5.74) is 5.78. The third kappa shape index (κ3) is 3.66. The molecule has 1 amide bonds. The summed E-state index contributed by atoms with van der Waals surface area (Å²) in [6, 6.07) is 6.54. The van der Waals surface area contributed by atoms with Crippen molar-refractivity contribution in [3.05, 3.63) is 46.3 Å². The Kier molecular flexibility index (Phi) is 4.93. The first kappa shape index (κ1) is 20.0. The van der Waals surface area contributed by atoms with Crippen LogP contribution in [-0.2, 0) is 24.8 Å². The number of rotatable bonds is 5. The molecule has 0 radical (unpaired) electrons. The first-order valence-electron chi connectivity index (χ1n) is 10.4. The number of nitrogens with zero attached hydrogens (tertiary/aromatic N) is 3. The Morgan fingerprint density at radius 1 is 1.28 bits per heavy atom. The molecule has 156 valence electrons. The maximum Gasteiger partial charge on any atom is 0.223 e. The van der Waals surface area contributed by atoms with Gasteiger partial charge in [-0.15, -0.1) is 0 Å². The van der Waals surface area contributed by atoms with Gasteiger partial charge in [0.1, 0.15) is 11.4 Å². The molecule has 29 heavy (non-hydrogen) atoms. The molecule has 1 saturated heterocycles. The zero-order valence-corrected chi connectivity index (χ0v) is 18.4.